The number of nitrogens with one attached hydrogen (secondary N) is 1. The molecule has 0 aliphatic rings. The highest BCUT2D eigenvalue weighted by Gasteiger charge is 2.19. The molecule has 0 amide bonds. The zero-order chi connectivity index (χ0) is 15.3. The molecular formula is C15H24N2O3. The van der Waals surface area contributed by atoms with Crippen molar-refractivity contribution in [1.82, 2.24) is 5.32 Å². The zero-order valence-corrected chi connectivity index (χ0v) is 12.6. The van der Waals surface area contributed by atoms with Crippen molar-refractivity contribution in [2.75, 3.05) is 13.2 Å². The van der Waals surface area contributed by atoms with Gasteiger partial charge in [0.15, 0.2) is 0 Å². The summed E-state index contributed by atoms with van der Waals surface area (Å²) in [6.45, 7) is 8.81. The van der Waals surface area contributed by atoms with Crippen LogP contribution in [0.2, 0.25) is 0 Å². The molecule has 0 spiro atoms. The summed E-state index contributed by atoms with van der Waals surface area (Å²) in [7, 11) is 0. The Morgan fingerprint density at radius 3 is 2.65 bits per heavy atom. The van der Waals surface area contributed by atoms with Gasteiger partial charge in [-0.25, -0.2) is 0 Å². The van der Waals surface area contributed by atoms with E-state index in [2.05, 4.69) is 19.2 Å². The summed E-state index contributed by atoms with van der Waals surface area (Å²) in [5.74, 6) is 0. The molecule has 0 aliphatic heterocycles. The first-order valence-electron chi connectivity index (χ1n) is 6.86. The smallest absolute Gasteiger partial charge is 0.272 e. The Labute approximate surface area is 120 Å². The van der Waals surface area contributed by atoms with E-state index in [9.17, 15) is 10.1 Å². The number of hydrogen-bond donors (Lipinski definition) is 2. The van der Waals surface area contributed by atoms with Crippen molar-refractivity contribution in [3.05, 3.63) is 39.4 Å². The molecule has 20 heavy (non-hydrogen) atoms. The van der Waals surface area contributed by atoms with Crippen LogP contribution in [0.1, 0.15) is 44.4 Å². The summed E-state index contributed by atoms with van der Waals surface area (Å²) in [6.07, 6.45) is 0.723. The lowest BCUT2D eigenvalue weighted by Gasteiger charge is -2.26. The van der Waals surface area contributed by atoms with Gasteiger partial charge in [-0.3, -0.25) is 10.1 Å². The third kappa shape index (κ3) is 4.58. The first-order chi connectivity index (χ1) is 9.26. The fourth-order valence-electron chi connectivity index (χ4n) is 2.03. The van der Waals surface area contributed by atoms with Crippen molar-refractivity contribution < 1.29 is 10.0 Å². The van der Waals surface area contributed by atoms with E-state index in [0.717, 1.165) is 18.5 Å². The van der Waals surface area contributed by atoms with Gasteiger partial charge >= 0.3 is 0 Å². The lowest BCUT2D eigenvalue weighted by Crippen LogP contribution is -2.32. The van der Waals surface area contributed by atoms with Crippen LogP contribution in [0, 0.1) is 22.5 Å². The molecule has 5 nitrogen and oxygen atoms in total. The average Bonchev–Trinajstić information content (AvgIpc) is 2.36. The van der Waals surface area contributed by atoms with Crippen molar-refractivity contribution >= 4 is 5.69 Å². The molecule has 1 aromatic rings. The first kappa shape index (κ1) is 16.6. The minimum Gasteiger partial charge on any atom is -0.396 e. The average molecular weight is 280 g/mol. The Bertz CT molecular complexity index is 472. The molecule has 0 saturated carbocycles. The normalized spacial score (nSPS) is 13.2. The van der Waals surface area contributed by atoms with Gasteiger partial charge in [0.1, 0.15) is 0 Å². The molecule has 0 bridgehead atoms. The highest BCUT2D eigenvalue weighted by atomic mass is 16.6. The number of aryl methyl sites for hydroxylation is 1. The fourth-order valence-corrected chi connectivity index (χ4v) is 2.03. The van der Waals surface area contributed by atoms with Crippen molar-refractivity contribution in [3.63, 3.8) is 0 Å². The highest BCUT2D eigenvalue weighted by molar-refractivity contribution is 5.43. The zero-order valence-electron chi connectivity index (χ0n) is 12.6. The Hall–Kier alpha value is -1.46. The molecule has 112 valence electrons. The number of aliphatic hydroxyl groups is 1. The van der Waals surface area contributed by atoms with Crippen molar-refractivity contribution in [3.8, 4) is 0 Å². The summed E-state index contributed by atoms with van der Waals surface area (Å²) in [5.41, 5.74) is 1.74. The van der Waals surface area contributed by atoms with E-state index < -0.39 is 0 Å². The minimum absolute atomic E-state index is 0.000357. The standard InChI is InChI=1S/C15H24N2O3/c1-11-5-6-13(9-14(11)17(19)20)12(2)16-10-15(3,4)7-8-18/h5-6,9,12,16,18H,7-8,10H2,1-4H3. The Kier molecular flexibility index (Phi) is 5.65. The maximum Gasteiger partial charge on any atom is 0.272 e. The molecule has 1 unspecified atom stereocenters. The first-order valence-corrected chi connectivity index (χ1v) is 6.86. The molecule has 0 saturated heterocycles. The molecule has 5 heteroatoms. The second-order valence-electron chi connectivity index (χ2n) is 6.04. The largest absolute Gasteiger partial charge is 0.396 e. The number of rotatable bonds is 7. The number of hydrogen-bond acceptors (Lipinski definition) is 4. The topological polar surface area (TPSA) is 75.4 Å². The maximum atomic E-state index is 11.0. The molecule has 1 rings (SSSR count). The monoisotopic (exact) mass is 280 g/mol. The quantitative estimate of drug-likeness (QED) is 0.594. The molecular weight excluding hydrogens is 256 g/mol. The maximum absolute atomic E-state index is 11.0. The SMILES string of the molecule is Cc1ccc(C(C)NCC(C)(C)CCO)cc1[N+](=O)[O-]. The number of nitrogens with zero attached hydrogens (tertiary/aromatic N) is 1. The van der Waals surface area contributed by atoms with Crippen LogP contribution in [0.3, 0.4) is 0 Å². The lowest BCUT2D eigenvalue weighted by molar-refractivity contribution is -0.385. The summed E-state index contributed by atoms with van der Waals surface area (Å²) in [5, 5.41) is 23.3. The second kappa shape index (κ2) is 6.81. The summed E-state index contributed by atoms with van der Waals surface area (Å²) < 4.78 is 0. The molecule has 0 heterocycles. The van der Waals surface area contributed by atoms with Crippen LogP contribution in [-0.2, 0) is 0 Å². The van der Waals surface area contributed by atoms with Crippen LogP contribution < -0.4 is 5.32 Å². The predicted molar refractivity (Wildman–Crippen MR) is 79.7 cm³/mol. The second-order valence-corrected chi connectivity index (χ2v) is 6.04. The van der Waals surface area contributed by atoms with E-state index >= 15 is 0 Å². The van der Waals surface area contributed by atoms with Crippen molar-refractivity contribution in [2.24, 2.45) is 5.41 Å². The number of nitro benzene ring substituents is 1. The molecule has 0 radical (unpaired) electrons. The van der Waals surface area contributed by atoms with Gasteiger partial charge in [-0.2, -0.15) is 0 Å². The van der Waals surface area contributed by atoms with E-state index in [4.69, 9.17) is 5.11 Å². The highest BCUT2D eigenvalue weighted by Crippen LogP contribution is 2.25. The van der Waals surface area contributed by atoms with Crippen LogP contribution in [0.15, 0.2) is 18.2 Å². The molecule has 2 N–H and O–H groups in total. The van der Waals surface area contributed by atoms with Gasteiger partial charge in [0.25, 0.3) is 5.69 Å². The van der Waals surface area contributed by atoms with Crippen LogP contribution in [-0.4, -0.2) is 23.2 Å². The molecule has 0 aliphatic carbocycles. The van der Waals surface area contributed by atoms with Gasteiger partial charge in [0.05, 0.1) is 4.92 Å². The van der Waals surface area contributed by atoms with Crippen LogP contribution >= 0.6 is 0 Å². The molecule has 1 aromatic carbocycles. The van der Waals surface area contributed by atoms with E-state index in [-0.39, 0.29) is 28.7 Å². The molecule has 0 fully saturated rings. The predicted octanol–water partition coefficient (Wildman–Crippen LogP) is 2.96. The van der Waals surface area contributed by atoms with Gasteiger partial charge in [0.2, 0.25) is 0 Å². The third-order valence-electron chi connectivity index (χ3n) is 3.61. The van der Waals surface area contributed by atoms with Crippen LogP contribution in [0.25, 0.3) is 0 Å². The van der Waals surface area contributed by atoms with Gasteiger partial charge < -0.3 is 10.4 Å². The summed E-state index contributed by atoms with van der Waals surface area (Å²) in [4.78, 5) is 10.6. The summed E-state index contributed by atoms with van der Waals surface area (Å²) in [6, 6.07) is 5.36. The van der Waals surface area contributed by atoms with Crippen LogP contribution in [0.4, 0.5) is 5.69 Å². The van der Waals surface area contributed by atoms with E-state index in [1.165, 1.54) is 0 Å². The van der Waals surface area contributed by atoms with Crippen molar-refractivity contribution in [1.29, 1.82) is 0 Å². The van der Waals surface area contributed by atoms with Crippen LogP contribution in [0.5, 0.6) is 0 Å². The minimum atomic E-state index is -0.346. The molecule has 0 aromatic heterocycles. The number of aliphatic hydroxyl groups excluding tert-OH is 1. The lowest BCUT2D eigenvalue weighted by atomic mass is 9.89. The number of nitro groups is 1. The number of benzene rings is 1. The third-order valence-corrected chi connectivity index (χ3v) is 3.61. The van der Waals surface area contributed by atoms with Crippen molar-refractivity contribution in [2.45, 2.75) is 40.2 Å². The van der Waals surface area contributed by atoms with Gasteiger partial charge in [0, 0.05) is 30.8 Å². The fraction of sp³-hybridized carbons (Fsp3) is 0.600. The molecule has 1 atom stereocenters. The van der Waals surface area contributed by atoms with E-state index in [0.29, 0.717) is 5.56 Å². The summed E-state index contributed by atoms with van der Waals surface area (Å²) >= 11 is 0. The van der Waals surface area contributed by atoms with E-state index in [1.54, 1.807) is 19.1 Å². The Morgan fingerprint density at radius 1 is 1.45 bits per heavy atom. The van der Waals surface area contributed by atoms with E-state index in [1.807, 2.05) is 13.0 Å². The van der Waals surface area contributed by atoms with Gasteiger partial charge in [-0.15, -0.1) is 0 Å². The Balaban J connectivity index is 2.75. The Morgan fingerprint density at radius 2 is 2.10 bits per heavy atom. The van der Waals surface area contributed by atoms with Gasteiger partial charge in [-0.1, -0.05) is 26.0 Å². The van der Waals surface area contributed by atoms with Gasteiger partial charge in [-0.05, 0) is 31.2 Å².